The first-order valence-electron chi connectivity index (χ1n) is 10.1. The van der Waals surface area contributed by atoms with Crippen LogP contribution in [-0.2, 0) is 25.7 Å². The smallest absolute Gasteiger partial charge is 0.329 e. The highest BCUT2D eigenvalue weighted by Crippen LogP contribution is 2.39. The number of esters is 1. The van der Waals surface area contributed by atoms with Crippen molar-refractivity contribution in [2.45, 2.75) is 59.1 Å². The van der Waals surface area contributed by atoms with Crippen molar-refractivity contribution in [1.29, 1.82) is 0 Å². The molecule has 1 saturated heterocycles. The predicted octanol–water partition coefficient (Wildman–Crippen LogP) is 2.89. The molecule has 3 atom stereocenters. The Kier molecular flexibility index (Phi) is 6.35. The number of amides is 2. The monoisotopic (exact) mass is 401 g/mol. The van der Waals surface area contributed by atoms with Crippen molar-refractivity contribution in [1.82, 2.24) is 4.90 Å². The van der Waals surface area contributed by atoms with Crippen LogP contribution in [0.2, 0.25) is 0 Å². The predicted molar refractivity (Wildman–Crippen MR) is 104 cm³/mol. The SMILES string of the molecule is CCOc1ccc(C(C)=O)cc1COC(=O)[C@@H](C)N1C(=O)[C@H]2CCCC[C@H]2C1=O. The largest absolute Gasteiger partial charge is 0.493 e. The quantitative estimate of drug-likeness (QED) is 0.396. The van der Waals surface area contributed by atoms with Gasteiger partial charge in [0.1, 0.15) is 18.4 Å². The number of hydrogen-bond donors (Lipinski definition) is 0. The van der Waals surface area contributed by atoms with Gasteiger partial charge in [-0.25, -0.2) is 4.79 Å². The molecule has 1 aromatic carbocycles. The number of Topliss-reactive ketones (excluding diaryl/α,β-unsaturated/α-hetero) is 1. The maximum Gasteiger partial charge on any atom is 0.329 e. The third-order valence-corrected chi connectivity index (χ3v) is 5.74. The van der Waals surface area contributed by atoms with E-state index in [1.807, 2.05) is 6.92 Å². The minimum absolute atomic E-state index is 0.107. The molecule has 0 aromatic heterocycles. The second kappa shape index (κ2) is 8.76. The van der Waals surface area contributed by atoms with Crippen molar-refractivity contribution in [3.05, 3.63) is 29.3 Å². The fraction of sp³-hybridized carbons (Fsp3) is 0.545. The molecule has 3 rings (SSSR count). The molecule has 1 aliphatic carbocycles. The van der Waals surface area contributed by atoms with Crippen LogP contribution in [0.4, 0.5) is 0 Å². The average molecular weight is 401 g/mol. The molecule has 0 bridgehead atoms. The summed E-state index contributed by atoms with van der Waals surface area (Å²) in [6.07, 6.45) is 3.26. The fourth-order valence-electron chi connectivity index (χ4n) is 4.15. The van der Waals surface area contributed by atoms with E-state index >= 15 is 0 Å². The minimum atomic E-state index is -0.980. The number of carbonyl (C=O) groups is 4. The second-order valence-electron chi connectivity index (χ2n) is 7.64. The number of rotatable bonds is 7. The van der Waals surface area contributed by atoms with Gasteiger partial charge >= 0.3 is 5.97 Å². The first-order valence-corrected chi connectivity index (χ1v) is 10.1. The third-order valence-electron chi connectivity index (χ3n) is 5.74. The summed E-state index contributed by atoms with van der Waals surface area (Å²) in [4.78, 5) is 50.7. The number of imide groups is 1. The van der Waals surface area contributed by atoms with Crippen LogP contribution in [0.15, 0.2) is 18.2 Å². The summed E-state index contributed by atoms with van der Waals surface area (Å²) in [5.74, 6) is -1.37. The van der Waals surface area contributed by atoms with Gasteiger partial charge in [0.2, 0.25) is 11.8 Å². The van der Waals surface area contributed by atoms with Crippen LogP contribution in [-0.4, -0.2) is 41.1 Å². The summed E-state index contributed by atoms with van der Waals surface area (Å²) >= 11 is 0. The summed E-state index contributed by atoms with van der Waals surface area (Å²) in [5.41, 5.74) is 1.05. The van der Waals surface area contributed by atoms with Gasteiger partial charge in [-0.1, -0.05) is 12.8 Å². The Morgan fingerprint density at radius 3 is 2.31 bits per heavy atom. The molecule has 2 aliphatic rings. The molecule has 1 aromatic rings. The van der Waals surface area contributed by atoms with Crippen LogP contribution < -0.4 is 4.74 Å². The highest BCUT2D eigenvalue weighted by atomic mass is 16.5. The zero-order valence-electron chi connectivity index (χ0n) is 17.1. The number of hydrogen-bond acceptors (Lipinski definition) is 6. The van der Waals surface area contributed by atoms with E-state index in [4.69, 9.17) is 9.47 Å². The highest BCUT2D eigenvalue weighted by molar-refractivity contribution is 6.07. The Morgan fingerprint density at radius 2 is 1.76 bits per heavy atom. The van der Waals surface area contributed by atoms with Gasteiger partial charge in [-0.2, -0.15) is 0 Å². The summed E-state index contributed by atoms with van der Waals surface area (Å²) < 4.78 is 10.9. The van der Waals surface area contributed by atoms with E-state index in [9.17, 15) is 19.2 Å². The van der Waals surface area contributed by atoms with E-state index in [2.05, 4.69) is 0 Å². The van der Waals surface area contributed by atoms with E-state index in [1.165, 1.54) is 13.8 Å². The second-order valence-corrected chi connectivity index (χ2v) is 7.64. The van der Waals surface area contributed by atoms with Gasteiger partial charge in [-0.05, 0) is 51.8 Å². The molecule has 7 heteroatoms. The highest BCUT2D eigenvalue weighted by Gasteiger charge is 2.51. The molecule has 1 aliphatic heterocycles. The van der Waals surface area contributed by atoms with Crippen LogP contribution in [0.25, 0.3) is 0 Å². The van der Waals surface area contributed by atoms with Crippen molar-refractivity contribution in [3.8, 4) is 5.75 Å². The van der Waals surface area contributed by atoms with Gasteiger partial charge in [0, 0.05) is 11.1 Å². The van der Waals surface area contributed by atoms with Gasteiger partial charge in [-0.3, -0.25) is 19.3 Å². The lowest BCUT2D eigenvalue weighted by molar-refractivity contribution is -0.159. The zero-order chi connectivity index (χ0) is 21.1. The molecule has 2 fully saturated rings. The minimum Gasteiger partial charge on any atom is -0.493 e. The standard InChI is InChI=1S/C22H27NO6/c1-4-28-19-10-9-15(14(3)24)11-16(19)12-29-22(27)13(2)23-20(25)17-7-5-6-8-18(17)21(23)26/h9-11,13,17-18H,4-8,12H2,1-3H3/t13-,17-,18+/m1/s1. The molecule has 2 amide bonds. The normalized spacial score (nSPS) is 22.2. The van der Waals surface area contributed by atoms with E-state index in [-0.39, 0.29) is 36.0 Å². The molecular formula is C22H27NO6. The zero-order valence-corrected chi connectivity index (χ0v) is 17.1. The molecule has 0 N–H and O–H groups in total. The van der Waals surface area contributed by atoms with E-state index in [0.717, 1.165) is 17.7 Å². The number of likely N-dealkylation sites (tertiary alicyclic amines) is 1. The maximum atomic E-state index is 12.7. The van der Waals surface area contributed by atoms with Crippen LogP contribution in [0, 0.1) is 11.8 Å². The number of fused-ring (bicyclic) bond motifs is 1. The molecule has 156 valence electrons. The third kappa shape index (κ3) is 4.18. The first-order chi connectivity index (χ1) is 13.8. The molecule has 0 radical (unpaired) electrons. The number of ether oxygens (including phenoxy) is 2. The molecule has 1 heterocycles. The van der Waals surface area contributed by atoms with Gasteiger partial charge in [0.25, 0.3) is 0 Å². The van der Waals surface area contributed by atoms with Crippen LogP contribution in [0.3, 0.4) is 0 Å². The lowest BCUT2D eigenvalue weighted by atomic mass is 9.81. The van der Waals surface area contributed by atoms with Gasteiger partial charge < -0.3 is 9.47 Å². The number of ketones is 1. The van der Waals surface area contributed by atoms with Crippen molar-refractivity contribution < 1.29 is 28.7 Å². The van der Waals surface area contributed by atoms with Gasteiger partial charge in [0.15, 0.2) is 5.78 Å². The van der Waals surface area contributed by atoms with Crippen LogP contribution >= 0.6 is 0 Å². The van der Waals surface area contributed by atoms with Gasteiger partial charge in [-0.15, -0.1) is 0 Å². The number of carbonyl (C=O) groups excluding carboxylic acids is 4. The fourth-order valence-corrected chi connectivity index (χ4v) is 4.15. The average Bonchev–Trinajstić information content (AvgIpc) is 2.97. The summed E-state index contributed by atoms with van der Waals surface area (Å²) in [6, 6.07) is 3.98. The van der Waals surface area contributed by atoms with E-state index in [1.54, 1.807) is 18.2 Å². The Morgan fingerprint density at radius 1 is 1.14 bits per heavy atom. The summed E-state index contributed by atoms with van der Waals surface area (Å²) in [6.45, 7) is 5.13. The molecule has 7 nitrogen and oxygen atoms in total. The lowest BCUT2D eigenvalue weighted by Gasteiger charge is -2.22. The number of nitrogens with zero attached hydrogens (tertiary/aromatic N) is 1. The Hall–Kier alpha value is -2.70. The number of benzene rings is 1. The van der Waals surface area contributed by atoms with Crippen molar-refractivity contribution >= 4 is 23.6 Å². The topological polar surface area (TPSA) is 90.0 Å². The maximum absolute atomic E-state index is 12.7. The molecule has 0 spiro atoms. The van der Waals surface area contributed by atoms with Crippen molar-refractivity contribution in [2.24, 2.45) is 11.8 Å². The Balaban J connectivity index is 1.70. The summed E-state index contributed by atoms with van der Waals surface area (Å²) in [7, 11) is 0. The summed E-state index contributed by atoms with van der Waals surface area (Å²) in [5, 5.41) is 0. The molecular weight excluding hydrogens is 374 g/mol. The van der Waals surface area contributed by atoms with E-state index in [0.29, 0.717) is 36.3 Å². The Bertz CT molecular complexity index is 809. The molecule has 1 saturated carbocycles. The molecule has 0 unspecified atom stereocenters. The van der Waals surface area contributed by atoms with Crippen molar-refractivity contribution in [2.75, 3.05) is 6.61 Å². The van der Waals surface area contributed by atoms with Gasteiger partial charge in [0.05, 0.1) is 18.4 Å². The molecule has 29 heavy (non-hydrogen) atoms. The van der Waals surface area contributed by atoms with E-state index < -0.39 is 12.0 Å². The van der Waals surface area contributed by atoms with Crippen LogP contribution in [0.1, 0.15) is 62.4 Å². The van der Waals surface area contributed by atoms with Crippen molar-refractivity contribution in [3.63, 3.8) is 0 Å². The first kappa shape index (κ1) is 21.0. The van der Waals surface area contributed by atoms with Crippen LogP contribution in [0.5, 0.6) is 5.75 Å². The lowest BCUT2D eigenvalue weighted by Crippen LogP contribution is -2.44. The Labute approximate surface area is 170 Å².